The molecule has 1 heterocycles. The maximum absolute atomic E-state index is 12.8. The quantitative estimate of drug-likeness (QED) is 0.764. The number of piperazine rings is 1. The molecule has 1 aliphatic rings. The predicted octanol–water partition coefficient (Wildman–Crippen LogP) is 3.49. The summed E-state index contributed by atoms with van der Waals surface area (Å²) in [7, 11) is 2.05. The van der Waals surface area contributed by atoms with Crippen LogP contribution in [-0.4, -0.2) is 61.4 Å². The molecular formula is C21H24BrN3O3. The number of carbonyl (C=O) groups is 2. The van der Waals surface area contributed by atoms with Gasteiger partial charge in [-0.3, -0.25) is 9.59 Å². The highest BCUT2D eigenvalue weighted by Crippen LogP contribution is 2.25. The third-order valence-electron chi connectivity index (χ3n) is 4.64. The number of benzene rings is 2. The summed E-state index contributed by atoms with van der Waals surface area (Å²) >= 11 is 3.39. The van der Waals surface area contributed by atoms with E-state index in [0.29, 0.717) is 42.3 Å². The molecule has 148 valence electrons. The summed E-state index contributed by atoms with van der Waals surface area (Å²) in [6, 6.07) is 12.4. The van der Waals surface area contributed by atoms with Crippen LogP contribution in [-0.2, 0) is 0 Å². The van der Waals surface area contributed by atoms with Crippen LogP contribution in [0.5, 0.6) is 5.75 Å². The first-order valence-electron chi connectivity index (χ1n) is 9.29. The molecule has 28 heavy (non-hydrogen) atoms. The summed E-state index contributed by atoms with van der Waals surface area (Å²) in [5, 5.41) is 2.87. The maximum atomic E-state index is 12.8. The predicted molar refractivity (Wildman–Crippen MR) is 113 cm³/mol. The maximum Gasteiger partial charge on any atom is 0.259 e. The minimum Gasteiger partial charge on any atom is -0.493 e. The average Bonchev–Trinajstić information content (AvgIpc) is 2.69. The molecule has 0 unspecified atom stereocenters. The third kappa shape index (κ3) is 4.91. The molecule has 1 N–H and O–H groups in total. The first kappa shape index (κ1) is 20.4. The van der Waals surface area contributed by atoms with Crippen molar-refractivity contribution in [3.05, 3.63) is 58.1 Å². The highest BCUT2D eigenvalue weighted by Gasteiger charge is 2.21. The highest BCUT2D eigenvalue weighted by molar-refractivity contribution is 9.10. The topological polar surface area (TPSA) is 61.9 Å². The molecule has 0 radical (unpaired) electrons. The van der Waals surface area contributed by atoms with Crippen molar-refractivity contribution in [2.24, 2.45) is 0 Å². The van der Waals surface area contributed by atoms with Gasteiger partial charge in [-0.2, -0.15) is 0 Å². The molecular weight excluding hydrogens is 422 g/mol. The second kappa shape index (κ2) is 9.21. The van der Waals surface area contributed by atoms with E-state index in [9.17, 15) is 9.59 Å². The van der Waals surface area contributed by atoms with Gasteiger partial charge in [-0.25, -0.2) is 0 Å². The fraction of sp³-hybridized carbons (Fsp3) is 0.333. The molecule has 0 bridgehead atoms. The largest absolute Gasteiger partial charge is 0.493 e. The summed E-state index contributed by atoms with van der Waals surface area (Å²) in [6.07, 6.45) is 0. The number of anilines is 1. The number of carbonyl (C=O) groups excluding carboxylic acids is 2. The van der Waals surface area contributed by atoms with Crippen molar-refractivity contribution in [1.82, 2.24) is 9.80 Å². The van der Waals surface area contributed by atoms with Crippen LogP contribution in [0, 0.1) is 0 Å². The number of hydrogen-bond donors (Lipinski definition) is 1. The Morgan fingerprint density at radius 3 is 2.57 bits per heavy atom. The zero-order valence-corrected chi connectivity index (χ0v) is 17.7. The van der Waals surface area contributed by atoms with Gasteiger partial charge in [0, 0.05) is 41.9 Å². The monoisotopic (exact) mass is 445 g/mol. The molecule has 0 aromatic heterocycles. The molecule has 1 fully saturated rings. The van der Waals surface area contributed by atoms with Gasteiger partial charge in [0.15, 0.2) is 0 Å². The Kier molecular flexibility index (Phi) is 6.70. The minimum absolute atomic E-state index is 0.0124. The van der Waals surface area contributed by atoms with E-state index < -0.39 is 0 Å². The molecule has 6 nitrogen and oxygen atoms in total. The van der Waals surface area contributed by atoms with Crippen LogP contribution in [0.15, 0.2) is 46.9 Å². The Morgan fingerprint density at radius 1 is 1.11 bits per heavy atom. The third-order valence-corrected chi connectivity index (χ3v) is 5.14. The van der Waals surface area contributed by atoms with Gasteiger partial charge in [0.1, 0.15) is 5.75 Å². The molecule has 0 aliphatic carbocycles. The summed E-state index contributed by atoms with van der Waals surface area (Å²) in [6.45, 7) is 5.49. The van der Waals surface area contributed by atoms with Crippen molar-refractivity contribution < 1.29 is 14.3 Å². The number of amides is 2. The molecule has 1 saturated heterocycles. The van der Waals surface area contributed by atoms with E-state index in [-0.39, 0.29) is 11.8 Å². The van der Waals surface area contributed by atoms with Crippen molar-refractivity contribution in [3.63, 3.8) is 0 Å². The Hall–Kier alpha value is -2.38. The van der Waals surface area contributed by atoms with Crippen LogP contribution < -0.4 is 10.1 Å². The number of halogens is 1. The van der Waals surface area contributed by atoms with Gasteiger partial charge in [-0.05, 0) is 50.4 Å². The van der Waals surface area contributed by atoms with E-state index in [1.54, 1.807) is 36.4 Å². The Labute approximate surface area is 173 Å². The molecule has 0 spiro atoms. The van der Waals surface area contributed by atoms with Gasteiger partial charge >= 0.3 is 0 Å². The van der Waals surface area contributed by atoms with E-state index in [1.165, 1.54) is 0 Å². The second-order valence-corrected chi connectivity index (χ2v) is 7.62. The lowest BCUT2D eigenvalue weighted by Crippen LogP contribution is -2.47. The Bertz CT molecular complexity index is 864. The SMILES string of the molecule is CCOc1ccc(Br)cc1C(=O)Nc1cccc(C(=O)N2CCN(C)CC2)c1. The van der Waals surface area contributed by atoms with Gasteiger partial charge in [-0.15, -0.1) is 0 Å². The minimum atomic E-state index is -0.283. The number of hydrogen-bond acceptors (Lipinski definition) is 4. The highest BCUT2D eigenvalue weighted by atomic mass is 79.9. The molecule has 1 aliphatic heterocycles. The standard InChI is InChI=1S/C21H24BrN3O3/c1-3-28-19-8-7-16(22)14-18(19)20(26)23-17-6-4-5-15(13-17)21(27)25-11-9-24(2)10-12-25/h4-8,13-14H,3,9-12H2,1-2H3,(H,23,26). The summed E-state index contributed by atoms with van der Waals surface area (Å²) < 4.78 is 6.35. The number of ether oxygens (including phenoxy) is 1. The van der Waals surface area contributed by atoms with E-state index in [0.717, 1.165) is 17.6 Å². The lowest BCUT2D eigenvalue weighted by Gasteiger charge is -2.32. The fourth-order valence-electron chi connectivity index (χ4n) is 3.08. The van der Waals surface area contributed by atoms with Gasteiger partial charge in [0.25, 0.3) is 11.8 Å². The van der Waals surface area contributed by atoms with Crippen molar-refractivity contribution in [1.29, 1.82) is 0 Å². The van der Waals surface area contributed by atoms with Gasteiger partial charge in [-0.1, -0.05) is 22.0 Å². The van der Waals surface area contributed by atoms with E-state index in [2.05, 4.69) is 33.2 Å². The first-order valence-corrected chi connectivity index (χ1v) is 10.1. The number of rotatable bonds is 5. The fourth-order valence-corrected chi connectivity index (χ4v) is 3.44. The summed E-state index contributed by atoms with van der Waals surface area (Å²) in [5.41, 5.74) is 1.58. The summed E-state index contributed by atoms with van der Waals surface area (Å²) in [5.74, 6) is 0.225. The van der Waals surface area contributed by atoms with E-state index in [1.807, 2.05) is 17.9 Å². The van der Waals surface area contributed by atoms with Crippen molar-refractivity contribution >= 4 is 33.4 Å². The van der Waals surface area contributed by atoms with Crippen LogP contribution in [0.2, 0.25) is 0 Å². The van der Waals surface area contributed by atoms with Crippen LogP contribution in [0.1, 0.15) is 27.6 Å². The normalized spacial score (nSPS) is 14.6. The van der Waals surface area contributed by atoms with Crippen LogP contribution in [0.4, 0.5) is 5.69 Å². The van der Waals surface area contributed by atoms with E-state index in [4.69, 9.17) is 4.74 Å². The number of nitrogens with zero attached hydrogens (tertiary/aromatic N) is 2. The molecule has 7 heteroatoms. The first-order chi connectivity index (χ1) is 13.5. The average molecular weight is 446 g/mol. The Morgan fingerprint density at radius 2 is 1.86 bits per heavy atom. The zero-order chi connectivity index (χ0) is 20.1. The zero-order valence-electron chi connectivity index (χ0n) is 16.1. The molecule has 3 rings (SSSR count). The van der Waals surface area contributed by atoms with E-state index >= 15 is 0 Å². The number of nitrogens with one attached hydrogen (secondary N) is 1. The van der Waals surface area contributed by atoms with Crippen LogP contribution >= 0.6 is 15.9 Å². The summed E-state index contributed by atoms with van der Waals surface area (Å²) in [4.78, 5) is 29.6. The smallest absolute Gasteiger partial charge is 0.259 e. The molecule has 2 aromatic carbocycles. The van der Waals surface area contributed by atoms with Crippen molar-refractivity contribution in [3.8, 4) is 5.75 Å². The lowest BCUT2D eigenvalue weighted by molar-refractivity contribution is 0.0664. The molecule has 2 aromatic rings. The van der Waals surface area contributed by atoms with Crippen LogP contribution in [0.25, 0.3) is 0 Å². The molecule has 2 amide bonds. The lowest BCUT2D eigenvalue weighted by atomic mass is 10.1. The van der Waals surface area contributed by atoms with Gasteiger partial charge < -0.3 is 19.9 Å². The van der Waals surface area contributed by atoms with Crippen LogP contribution in [0.3, 0.4) is 0 Å². The van der Waals surface area contributed by atoms with Gasteiger partial charge in [0.05, 0.1) is 12.2 Å². The van der Waals surface area contributed by atoms with Crippen molar-refractivity contribution in [2.75, 3.05) is 45.2 Å². The second-order valence-electron chi connectivity index (χ2n) is 6.70. The molecule has 0 atom stereocenters. The number of likely N-dealkylation sites (N-methyl/N-ethyl adjacent to an activating group) is 1. The Balaban J connectivity index is 1.75. The van der Waals surface area contributed by atoms with Crippen molar-refractivity contribution in [2.45, 2.75) is 6.92 Å². The molecule has 0 saturated carbocycles. The van der Waals surface area contributed by atoms with Gasteiger partial charge in [0.2, 0.25) is 0 Å².